The van der Waals surface area contributed by atoms with E-state index in [9.17, 15) is 0 Å². The third-order valence-electron chi connectivity index (χ3n) is 6.04. The van der Waals surface area contributed by atoms with E-state index in [0.717, 1.165) is 56.8 Å². The summed E-state index contributed by atoms with van der Waals surface area (Å²) >= 11 is 0. The smallest absolute Gasteiger partial charge is 0.119 e. The molecule has 0 saturated carbocycles. The van der Waals surface area contributed by atoms with E-state index < -0.39 is 0 Å². The first-order valence-electron chi connectivity index (χ1n) is 13.2. The quantitative estimate of drug-likeness (QED) is 0.222. The summed E-state index contributed by atoms with van der Waals surface area (Å²) in [6.07, 6.45) is 10.3. The minimum Gasteiger partial charge on any atom is -0.494 e. The monoisotopic (exact) mass is 454 g/mol. The Bertz CT molecular complexity index is 667. The van der Waals surface area contributed by atoms with Gasteiger partial charge in [0.05, 0.1) is 13.2 Å². The largest absolute Gasteiger partial charge is 0.494 e. The Morgan fingerprint density at radius 2 is 0.970 bits per heavy atom. The van der Waals surface area contributed by atoms with E-state index in [0.29, 0.717) is 12.1 Å². The van der Waals surface area contributed by atoms with E-state index in [1.54, 1.807) is 0 Å². The van der Waals surface area contributed by atoms with Crippen LogP contribution in [-0.4, -0.2) is 25.3 Å². The van der Waals surface area contributed by atoms with Crippen molar-refractivity contribution >= 4 is 11.4 Å². The van der Waals surface area contributed by atoms with Crippen molar-refractivity contribution in [3.05, 3.63) is 48.5 Å². The molecule has 184 valence electrons. The molecule has 2 rings (SSSR count). The molecule has 2 atom stereocenters. The first kappa shape index (κ1) is 26.9. The second-order valence-electron chi connectivity index (χ2n) is 8.88. The highest BCUT2D eigenvalue weighted by Crippen LogP contribution is 2.20. The predicted molar refractivity (Wildman–Crippen MR) is 143 cm³/mol. The summed E-state index contributed by atoms with van der Waals surface area (Å²) in [6.45, 7) is 10.4. The minimum absolute atomic E-state index is 0.554. The van der Waals surface area contributed by atoms with Crippen LogP contribution in [0.25, 0.3) is 0 Å². The molecule has 2 N–H and O–H groups in total. The zero-order valence-corrected chi connectivity index (χ0v) is 21.4. The number of unbranched alkanes of at least 4 members (excludes halogenated alkanes) is 2. The third-order valence-corrected chi connectivity index (χ3v) is 6.04. The highest BCUT2D eigenvalue weighted by atomic mass is 16.5. The van der Waals surface area contributed by atoms with Crippen LogP contribution in [0.5, 0.6) is 11.5 Å². The van der Waals surface area contributed by atoms with E-state index in [1.807, 2.05) is 0 Å². The van der Waals surface area contributed by atoms with Crippen LogP contribution in [0.4, 0.5) is 11.4 Å². The van der Waals surface area contributed by atoms with Crippen LogP contribution in [0.1, 0.15) is 85.5 Å². The molecule has 0 saturated heterocycles. The normalized spacial score (nSPS) is 12.7. The van der Waals surface area contributed by atoms with Gasteiger partial charge < -0.3 is 20.1 Å². The van der Waals surface area contributed by atoms with Crippen molar-refractivity contribution in [1.82, 2.24) is 0 Å². The molecule has 0 amide bonds. The molecule has 0 aliphatic rings. The molecule has 0 aliphatic carbocycles. The Morgan fingerprint density at radius 1 is 0.576 bits per heavy atom. The van der Waals surface area contributed by atoms with Crippen LogP contribution in [-0.2, 0) is 0 Å². The fourth-order valence-electron chi connectivity index (χ4n) is 3.98. The summed E-state index contributed by atoms with van der Waals surface area (Å²) in [5.41, 5.74) is 2.35. The van der Waals surface area contributed by atoms with Crippen LogP contribution >= 0.6 is 0 Å². The van der Waals surface area contributed by atoms with Crippen LogP contribution in [0.2, 0.25) is 0 Å². The van der Waals surface area contributed by atoms with Crippen molar-refractivity contribution in [1.29, 1.82) is 0 Å². The first-order chi connectivity index (χ1) is 16.2. The van der Waals surface area contributed by atoms with Crippen molar-refractivity contribution in [2.24, 2.45) is 0 Å². The van der Waals surface area contributed by atoms with E-state index >= 15 is 0 Å². The van der Waals surface area contributed by atoms with Gasteiger partial charge in [-0.05, 0) is 93.5 Å². The second-order valence-corrected chi connectivity index (χ2v) is 8.88. The van der Waals surface area contributed by atoms with Crippen LogP contribution < -0.4 is 20.1 Å². The molecule has 0 radical (unpaired) electrons. The molecule has 0 spiro atoms. The number of rotatable bonds is 18. The summed E-state index contributed by atoms with van der Waals surface area (Å²) < 4.78 is 11.8. The molecule has 4 nitrogen and oxygen atoms in total. The highest BCUT2D eigenvalue weighted by molar-refractivity contribution is 5.47. The van der Waals surface area contributed by atoms with Crippen molar-refractivity contribution in [2.75, 3.05) is 23.8 Å². The van der Waals surface area contributed by atoms with Crippen LogP contribution in [0.3, 0.4) is 0 Å². The van der Waals surface area contributed by atoms with Crippen molar-refractivity contribution in [3.63, 3.8) is 0 Å². The molecule has 33 heavy (non-hydrogen) atoms. The third kappa shape index (κ3) is 10.9. The average molecular weight is 455 g/mol. The fourth-order valence-corrected chi connectivity index (χ4v) is 3.98. The summed E-state index contributed by atoms with van der Waals surface area (Å²) in [7, 11) is 0. The van der Waals surface area contributed by atoms with Crippen molar-refractivity contribution in [2.45, 2.75) is 97.6 Å². The zero-order valence-electron chi connectivity index (χ0n) is 21.4. The van der Waals surface area contributed by atoms with Crippen molar-refractivity contribution in [3.8, 4) is 11.5 Å². The lowest BCUT2D eigenvalue weighted by Crippen LogP contribution is -2.17. The number of ether oxygens (including phenoxy) is 2. The first-order valence-corrected chi connectivity index (χ1v) is 13.2. The summed E-state index contributed by atoms with van der Waals surface area (Å²) in [4.78, 5) is 0. The number of nitrogens with one attached hydrogen (secondary N) is 2. The lowest BCUT2D eigenvalue weighted by atomic mass is 10.1. The number of benzene rings is 2. The van der Waals surface area contributed by atoms with Crippen molar-refractivity contribution < 1.29 is 9.47 Å². The molecule has 0 aliphatic heterocycles. The Morgan fingerprint density at radius 3 is 1.30 bits per heavy atom. The summed E-state index contributed by atoms with van der Waals surface area (Å²) in [5.74, 6) is 1.89. The van der Waals surface area contributed by atoms with Gasteiger partial charge in [0, 0.05) is 23.5 Å². The topological polar surface area (TPSA) is 42.5 Å². The van der Waals surface area contributed by atoms with Gasteiger partial charge in [-0.2, -0.15) is 0 Å². The van der Waals surface area contributed by atoms with E-state index in [2.05, 4.69) is 86.9 Å². The molecular formula is C29H46N2O2. The van der Waals surface area contributed by atoms with E-state index in [1.165, 1.54) is 37.1 Å². The molecule has 0 heterocycles. The fraction of sp³-hybridized carbons (Fsp3) is 0.586. The Balaban J connectivity index is 1.57. The van der Waals surface area contributed by atoms with Gasteiger partial charge in [-0.15, -0.1) is 0 Å². The number of anilines is 2. The molecule has 2 aromatic rings. The van der Waals surface area contributed by atoms with Crippen LogP contribution in [0, 0.1) is 0 Å². The summed E-state index contributed by atoms with van der Waals surface area (Å²) in [5, 5.41) is 7.21. The maximum Gasteiger partial charge on any atom is 0.119 e. The Hall–Kier alpha value is -2.36. The molecule has 0 bridgehead atoms. The van der Waals surface area contributed by atoms with Gasteiger partial charge in [0.1, 0.15) is 11.5 Å². The molecular weight excluding hydrogens is 408 g/mol. The highest BCUT2D eigenvalue weighted by Gasteiger charge is 2.06. The average Bonchev–Trinajstić information content (AvgIpc) is 2.84. The maximum atomic E-state index is 5.90. The van der Waals surface area contributed by atoms with Gasteiger partial charge >= 0.3 is 0 Å². The standard InChI is InChI=1S/C29H46N2O2/c1-5-12-24(7-3)30-26-14-18-28(19-15-26)32-22-10-9-11-23-33-29-20-16-27(17-21-29)31-25(8-4)13-6-2/h14-21,24-25,30-31H,5-13,22-23H2,1-4H3. The number of hydrogen-bond acceptors (Lipinski definition) is 4. The van der Waals surface area contributed by atoms with Gasteiger partial charge in [-0.25, -0.2) is 0 Å². The summed E-state index contributed by atoms with van der Waals surface area (Å²) in [6, 6.07) is 17.8. The maximum absolute atomic E-state index is 5.90. The van der Waals surface area contributed by atoms with Gasteiger partial charge in [0.15, 0.2) is 0 Å². The zero-order chi connectivity index (χ0) is 23.7. The van der Waals surface area contributed by atoms with Gasteiger partial charge in [-0.3, -0.25) is 0 Å². The molecule has 0 aromatic heterocycles. The number of hydrogen-bond donors (Lipinski definition) is 2. The van der Waals surface area contributed by atoms with Crippen LogP contribution in [0.15, 0.2) is 48.5 Å². The molecule has 0 fully saturated rings. The second kappa shape index (κ2) is 16.3. The Kier molecular flexibility index (Phi) is 13.3. The lowest BCUT2D eigenvalue weighted by Gasteiger charge is -2.17. The molecule has 4 heteroatoms. The SMILES string of the molecule is CCCC(CC)Nc1ccc(OCCCCCOc2ccc(NC(CC)CCC)cc2)cc1. The van der Waals surface area contributed by atoms with E-state index in [-0.39, 0.29) is 0 Å². The molecule has 2 unspecified atom stereocenters. The van der Waals surface area contributed by atoms with E-state index in [4.69, 9.17) is 9.47 Å². The van der Waals surface area contributed by atoms with Gasteiger partial charge in [0.25, 0.3) is 0 Å². The van der Waals surface area contributed by atoms with Gasteiger partial charge in [-0.1, -0.05) is 40.5 Å². The Labute approximate surface area is 202 Å². The minimum atomic E-state index is 0.554. The molecule has 2 aromatic carbocycles. The van der Waals surface area contributed by atoms with Gasteiger partial charge in [0.2, 0.25) is 0 Å². The predicted octanol–water partition coefficient (Wildman–Crippen LogP) is 8.30. The lowest BCUT2D eigenvalue weighted by molar-refractivity contribution is 0.279.